The first-order chi connectivity index (χ1) is 12.7. The van der Waals surface area contributed by atoms with Crippen molar-refractivity contribution in [3.63, 3.8) is 0 Å². The lowest BCUT2D eigenvalue weighted by atomic mass is 9.86. The first-order valence-electron chi connectivity index (χ1n) is 8.60. The van der Waals surface area contributed by atoms with E-state index in [1.54, 1.807) is 7.11 Å². The summed E-state index contributed by atoms with van der Waals surface area (Å²) in [6, 6.07) is 11.6. The smallest absolute Gasteiger partial charge is 0.277 e. The molecular formula is C21H25BrN2O3. The second kappa shape index (κ2) is 9.04. The van der Waals surface area contributed by atoms with E-state index in [-0.39, 0.29) is 17.9 Å². The number of hydrogen-bond donors (Lipinski definition) is 1. The van der Waals surface area contributed by atoms with Gasteiger partial charge < -0.3 is 9.47 Å². The number of nitrogens with zero attached hydrogens (tertiary/aromatic N) is 1. The Labute approximate surface area is 168 Å². The summed E-state index contributed by atoms with van der Waals surface area (Å²) in [6.45, 7) is 8.35. The number of hydrogen-bond acceptors (Lipinski definition) is 4. The topological polar surface area (TPSA) is 59.9 Å². The summed E-state index contributed by atoms with van der Waals surface area (Å²) in [7, 11) is 1.58. The highest BCUT2D eigenvalue weighted by atomic mass is 79.9. The average molecular weight is 433 g/mol. The molecule has 0 bridgehead atoms. The van der Waals surface area contributed by atoms with Crippen LogP contribution in [0.2, 0.25) is 0 Å². The first-order valence-corrected chi connectivity index (χ1v) is 9.39. The second-order valence-electron chi connectivity index (χ2n) is 7.20. The number of hydrazone groups is 1. The largest absolute Gasteiger partial charge is 0.496 e. The monoisotopic (exact) mass is 432 g/mol. The van der Waals surface area contributed by atoms with E-state index < -0.39 is 0 Å². The van der Waals surface area contributed by atoms with Gasteiger partial charge in [0.1, 0.15) is 11.5 Å². The molecule has 0 unspecified atom stereocenters. The van der Waals surface area contributed by atoms with Crippen LogP contribution in [0.5, 0.6) is 11.5 Å². The zero-order chi connectivity index (χ0) is 20.0. The lowest BCUT2D eigenvalue weighted by Crippen LogP contribution is -2.24. The van der Waals surface area contributed by atoms with Crippen LogP contribution in [-0.4, -0.2) is 25.8 Å². The van der Waals surface area contributed by atoms with Gasteiger partial charge in [-0.3, -0.25) is 4.79 Å². The fourth-order valence-electron chi connectivity index (χ4n) is 2.43. The zero-order valence-corrected chi connectivity index (χ0v) is 17.9. The van der Waals surface area contributed by atoms with Crippen molar-refractivity contribution in [2.24, 2.45) is 5.10 Å². The highest BCUT2D eigenvalue weighted by Gasteiger charge is 2.15. The van der Waals surface area contributed by atoms with E-state index in [0.29, 0.717) is 11.5 Å². The Kier molecular flexibility index (Phi) is 7.02. The summed E-state index contributed by atoms with van der Waals surface area (Å²) in [5.74, 6) is 1.03. The Balaban J connectivity index is 1.93. The molecule has 0 heterocycles. The third-order valence-corrected chi connectivity index (χ3v) is 4.48. The molecule has 0 saturated carbocycles. The molecule has 5 nitrogen and oxygen atoms in total. The second-order valence-corrected chi connectivity index (χ2v) is 8.11. The van der Waals surface area contributed by atoms with Gasteiger partial charge in [-0.05, 0) is 47.7 Å². The van der Waals surface area contributed by atoms with Crippen LogP contribution >= 0.6 is 15.9 Å². The molecule has 0 saturated heterocycles. The number of carbonyl (C=O) groups is 1. The molecule has 0 atom stereocenters. The van der Waals surface area contributed by atoms with E-state index >= 15 is 0 Å². The van der Waals surface area contributed by atoms with Crippen LogP contribution in [-0.2, 0) is 10.2 Å². The van der Waals surface area contributed by atoms with Crippen molar-refractivity contribution in [2.45, 2.75) is 33.1 Å². The molecular weight excluding hydrogens is 408 g/mol. The minimum Gasteiger partial charge on any atom is -0.496 e. The highest BCUT2D eigenvalue weighted by molar-refractivity contribution is 9.10. The number of ether oxygens (including phenoxy) is 2. The third kappa shape index (κ3) is 6.10. The number of methoxy groups -OCH3 is 1. The molecule has 1 N–H and O–H groups in total. The normalized spacial score (nSPS) is 11.5. The maximum absolute atomic E-state index is 12.0. The van der Waals surface area contributed by atoms with Crippen molar-refractivity contribution < 1.29 is 14.3 Å². The summed E-state index contributed by atoms with van der Waals surface area (Å²) in [5, 5.41) is 3.97. The van der Waals surface area contributed by atoms with Crippen LogP contribution in [0.4, 0.5) is 0 Å². The fourth-order valence-corrected chi connectivity index (χ4v) is 2.81. The molecule has 27 heavy (non-hydrogen) atoms. The molecule has 0 aliphatic carbocycles. The van der Waals surface area contributed by atoms with Crippen molar-refractivity contribution in [2.75, 3.05) is 13.7 Å². The van der Waals surface area contributed by atoms with Gasteiger partial charge in [-0.1, -0.05) is 48.8 Å². The maximum atomic E-state index is 12.0. The van der Waals surface area contributed by atoms with Gasteiger partial charge in [0.2, 0.25) is 0 Å². The average Bonchev–Trinajstić information content (AvgIpc) is 2.60. The summed E-state index contributed by atoms with van der Waals surface area (Å²) >= 11 is 3.40. The van der Waals surface area contributed by atoms with E-state index in [0.717, 1.165) is 15.6 Å². The van der Waals surface area contributed by atoms with Crippen LogP contribution in [0.25, 0.3) is 0 Å². The van der Waals surface area contributed by atoms with Crippen molar-refractivity contribution in [3.8, 4) is 11.5 Å². The minimum atomic E-state index is -0.334. The van der Waals surface area contributed by atoms with E-state index in [4.69, 9.17) is 9.47 Å². The number of aryl methyl sites for hydroxylation is 1. The standard InChI is InChI=1S/C21H25BrN2O3/c1-14-10-16(21(2,3)4)6-8-18(14)27-13-20(25)24-23-12-15-11-17(22)7-9-19(15)26-5/h6-12H,13H2,1-5H3,(H,24,25). The Morgan fingerprint density at radius 1 is 1.19 bits per heavy atom. The number of nitrogens with one attached hydrogen (secondary N) is 1. The molecule has 2 rings (SSSR count). The van der Waals surface area contributed by atoms with E-state index in [1.807, 2.05) is 37.3 Å². The number of rotatable bonds is 6. The summed E-state index contributed by atoms with van der Waals surface area (Å²) in [4.78, 5) is 12.0. The van der Waals surface area contributed by atoms with Gasteiger partial charge in [0.05, 0.1) is 13.3 Å². The Morgan fingerprint density at radius 2 is 1.89 bits per heavy atom. The van der Waals surface area contributed by atoms with Gasteiger partial charge in [0, 0.05) is 10.0 Å². The third-order valence-electron chi connectivity index (χ3n) is 3.98. The lowest BCUT2D eigenvalue weighted by molar-refractivity contribution is -0.123. The Hall–Kier alpha value is -2.34. The van der Waals surface area contributed by atoms with Gasteiger partial charge >= 0.3 is 0 Å². The van der Waals surface area contributed by atoms with Gasteiger partial charge in [-0.15, -0.1) is 0 Å². The first kappa shape index (κ1) is 21.0. The van der Waals surface area contributed by atoms with Crippen LogP contribution in [0.1, 0.15) is 37.5 Å². The molecule has 1 amide bonds. The van der Waals surface area contributed by atoms with Gasteiger partial charge in [0.25, 0.3) is 5.91 Å². The Bertz CT molecular complexity index is 842. The van der Waals surface area contributed by atoms with Crippen LogP contribution in [0.3, 0.4) is 0 Å². The molecule has 0 aromatic heterocycles. The SMILES string of the molecule is COc1ccc(Br)cc1C=NNC(=O)COc1ccc(C(C)(C)C)cc1C. The molecule has 0 aliphatic heterocycles. The molecule has 144 valence electrons. The fraction of sp³-hybridized carbons (Fsp3) is 0.333. The Morgan fingerprint density at radius 3 is 2.52 bits per heavy atom. The number of carbonyl (C=O) groups excluding carboxylic acids is 1. The van der Waals surface area contributed by atoms with E-state index in [1.165, 1.54) is 11.8 Å². The van der Waals surface area contributed by atoms with Crippen LogP contribution in [0, 0.1) is 6.92 Å². The van der Waals surface area contributed by atoms with Crippen molar-refractivity contribution in [1.82, 2.24) is 5.43 Å². The van der Waals surface area contributed by atoms with Crippen molar-refractivity contribution >= 4 is 28.1 Å². The number of benzene rings is 2. The highest BCUT2D eigenvalue weighted by Crippen LogP contribution is 2.27. The van der Waals surface area contributed by atoms with E-state index in [9.17, 15) is 4.79 Å². The molecule has 0 fully saturated rings. The maximum Gasteiger partial charge on any atom is 0.277 e. The molecule has 2 aromatic rings. The van der Waals surface area contributed by atoms with Crippen molar-refractivity contribution in [1.29, 1.82) is 0 Å². The van der Waals surface area contributed by atoms with Gasteiger partial charge in [-0.2, -0.15) is 5.10 Å². The number of amides is 1. The number of halogens is 1. The van der Waals surface area contributed by atoms with Gasteiger partial charge in [0.15, 0.2) is 6.61 Å². The summed E-state index contributed by atoms with van der Waals surface area (Å²) < 4.78 is 11.8. The van der Waals surface area contributed by atoms with Gasteiger partial charge in [-0.25, -0.2) is 5.43 Å². The molecule has 0 spiro atoms. The van der Waals surface area contributed by atoms with Crippen LogP contribution < -0.4 is 14.9 Å². The van der Waals surface area contributed by atoms with Crippen LogP contribution in [0.15, 0.2) is 46.0 Å². The minimum absolute atomic E-state index is 0.0723. The predicted molar refractivity (Wildman–Crippen MR) is 112 cm³/mol. The summed E-state index contributed by atoms with van der Waals surface area (Å²) in [5.41, 5.74) is 5.51. The lowest BCUT2D eigenvalue weighted by Gasteiger charge is -2.20. The van der Waals surface area contributed by atoms with E-state index in [2.05, 4.69) is 53.3 Å². The predicted octanol–water partition coefficient (Wildman–Crippen LogP) is 4.59. The zero-order valence-electron chi connectivity index (χ0n) is 16.3. The molecule has 0 aliphatic rings. The van der Waals surface area contributed by atoms with Crippen molar-refractivity contribution in [3.05, 3.63) is 57.6 Å². The molecule has 6 heteroatoms. The summed E-state index contributed by atoms with van der Waals surface area (Å²) in [6.07, 6.45) is 1.53. The molecule has 0 radical (unpaired) electrons. The molecule has 2 aromatic carbocycles. The quantitative estimate of drug-likeness (QED) is 0.536.